The highest BCUT2D eigenvalue weighted by Gasteiger charge is 2.19. The van der Waals surface area contributed by atoms with E-state index in [9.17, 15) is 0 Å². The fourth-order valence-corrected chi connectivity index (χ4v) is 4.88. The lowest BCUT2D eigenvalue weighted by atomic mass is 10.0. The molecule has 1 aliphatic rings. The Morgan fingerprint density at radius 1 is 0.882 bits per heavy atom. The molecular weight excluding hydrogens is 488 g/mol. The van der Waals surface area contributed by atoms with Crippen molar-refractivity contribution in [2.24, 2.45) is 0 Å². The van der Waals surface area contributed by atoms with Gasteiger partial charge in [-0.3, -0.25) is 4.90 Å². The average molecular weight is 517 g/mol. The molecule has 0 aliphatic carbocycles. The molecule has 0 unspecified atom stereocenters. The van der Waals surface area contributed by atoms with E-state index < -0.39 is 0 Å². The minimum atomic E-state index is 0.250. The van der Waals surface area contributed by atoms with Crippen LogP contribution in [0, 0.1) is 0 Å². The van der Waals surface area contributed by atoms with Gasteiger partial charge in [-0.05, 0) is 67.4 Å². The van der Waals surface area contributed by atoms with E-state index in [1.807, 2.05) is 30.3 Å². The van der Waals surface area contributed by atoms with Crippen molar-refractivity contribution in [3.63, 3.8) is 0 Å². The van der Waals surface area contributed by atoms with Crippen LogP contribution >= 0.6 is 15.9 Å². The molecule has 6 nitrogen and oxygen atoms in total. The summed E-state index contributed by atoms with van der Waals surface area (Å²) in [6.07, 6.45) is 0. The van der Waals surface area contributed by atoms with Gasteiger partial charge in [-0.15, -0.1) is 0 Å². The third-order valence-electron chi connectivity index (χ3n) is 6.41. The summed E-state index contributed by atoms with van der Waals surface area (Å²) in [4.78, 5) is 13.9. The van der Waals surface area contributed by atoms with E-state index in [0.717, 1.165) is 58.4 Å². The van der Waals surface area contributed by atoms with E-state index in [1.165, 1.54) is 5.69 Å². The number of piperazine rings is 1. The Morgan fingerprint density at radius 3 is 2.32 bits per heavy atom. The zero-order chi connectivity index (χ0) is 23.7. The van der Waals surface area contributed by atoms with Gasteiger partial charge in [0.1, 0.15) is 5.82 Å². The first-order valence-corrected chi connectivity index (χ1v) is 12.4. The number of nitrogens with two attached hydrogens (primary N) is 1. The number of halogens is 1. The zero-order valence-corrected chi connectivity index (χ0v) is 21.1. The normalized spacial score (nSPS) is 14.6. The van der Waals surface area contributed by atoms with Crippen LogP contribution in [0.5, 0.6) is 0 Å². The molecule has 0 bridgehead atoms. The predicted molar refractivity (Wildman–Crippen MR) is 146 cm³/mol. The first-order chi connectivity index (χ1) is 16.5. The van der Waals surface area contributed by atoms with Crippen LogP contribution in [-0.4, -0.2) is 47.1 Å². The van der Waals surface area contributed by atoms with Gasteiger partial charge in [-0.2, -0.15) is 4.98 Å². The summed E-state index contributed by atoms with van der Waals surface area (Å²) >= 11 is 3.52. The van der Waals surface area contributed by atoms with E-state index in [2.05, 4.69) is 91.3 Å². The van der Waals surface area contributed by atoms with Crippen LogP contribution in [0.4, 0.5) is 23.1 Å². The van der Waals surface area contributed by atoms with E-state index in [0.29, 0.717) is 11.9 Å². The van der Waals surface area contributed by atoms with Crippen LogP contribution in [0.1, 0.15) is 13.8 Å². The molecule has 3 aromatic carbocycles. The number of hydrogen-bond acceptors (Lipinski definition) is 6. The molecule has 0 atom stereocenters. The summed E-state index contributed by atoms with van der Waals surface area (Å²) in [5.74, 6) is 0.946. The van der Waals surface area contributed by atoms with Gasteiger partial charge in [0.25, 0.3) is 0 Å². The Labute approximate surface area is 208 Å². The van der Waals surface area contributed by atoms with Crippen molar-refractivity contribution in [2.45, 2.75) is 19.9 Å². The molecule has 7 heteroatoms. The van der Waals surface area contributed by atoms with E-state index in [4.69, 9.17) is 5.73 Å². The van der Waals surface area contributed by atoms with Gasteiger partial charge >= 0.3 is 0 Å². The number of rotatable bonds is 5. The van der Waals surface area contributed by atoms with Crippen LogP contribution in [0.25, 0.3) is 22.0 Å². The van der Waals surface area contributed by atoms with E-state index in [-0.39, 0.29) is 5.95 Å². The molecule has 0 radical (unpaired) electrons. The number of benzene rings is 3. The van der Waals surface area contributed by atoms with Crippen LogP contribution in [0.3, 0.4) is 0 Å². The largest absolute Gasteiger partial charge is 0.369 e. The van der Waals surface area contributed by atoms with Gasteiger partial charge in [0.15, 0.2) is 0 Å². The van der Waals surface area contributed by atoms with Crippen molar-refractivity contribution in [2.75, 3.05) is 42.1 Å². The van der Waals surface area contributed by atoms with Crippen LogP contribution < -0.4 is 16.0 Å². The molecule has 1 fully saturated rings. The molecule has 34 heavy (non-hydrogen) atoms. The zero-order valence-electron chi connectivity index (χ0n) is 19.5. The number of hydrogen-bond donors (Lipinski definition) is 2. The van der Waals surface area contributed by atoms with Crippen molar-refractivity contribution < 1.29 is 0 Å². The van der Waals surface area contributed by atoms with Crippen molar-refractivity contribution in [1.82, 2.24) is 14.9 Å². The van der Waals surface area contributed by atoms with E-state index >= 15 is 0 Å². The molecule has 0 spiro atoms. The molecular formula is C27H29BrN6. The molecule has 1 aliphatic heterocycles. The lowest BCUT2D eigenvalue weighted by Crippen LogP contribution is -2.48. The summed E-state index contributed by atoms with van der Waals surface area (Å²) < 4.78 is 0.996. The number of fused-ring (bicyclic) bond motifs is 1. The summed E-state index contributed by atoms with van der Waals surface area (Å²) in [5, 5.41) is 4.33. The maximum Gasteiger partial charge on any atom is 0.222 e. The number of nitrogen functional groups attached to an aromatic ring is 1. The highest BCUT2D eigenvalue weighted by Crippen LogP contribution is 2.31. The lowest BCUT2D eigenvalue weighted by molar-refractivity contribution is 0.209. The highest BCUT2D eigenvalue weighted by molar-refractivity contribution is 9.10. The molecule has 174 valence electrons. The minimum Gasteiger partial charge on any atom is -0.369 e. The second-order valence-corrected chi connectivity index (χ2v) is 9.88. The second-order valence-electron chi connectivity index (χ2n) is 8.96. The Balaban J connectivity index is 1.41. The van der Waals surface area contributed by atoms with Crippen molar-refractivity contribution in [3.8, 4) is 11.1 Å². The molecule has 4 aromatic rings. The van der Waals surface area contributed by atoms with Gasteiger partial charge in [0, 0.05) is 53.5 Å². The van der Waals surface area contributed by atoms with Crippen LogP contribution in [0.15, 0.2) is 71.2 Å². The first kappa shape index (κ1) is 22.6. The summed E-state index contributed by atoms with van der Waals surface area (Å²) in [5.41, 5.74) is 11.3. The van der Waals surface area contributed by atoms with Crippen molar-refractivity contribution >= 4 is 50.0 Å². The van der Waals surface area contributed by atoms with Gasteiger partial charge < -0.3 is 16.0 Å². The number of nitrogens with zero attached hydrogens (tertiary/aromatic N) is 4. The summed E-state index contributed by atoms with van der Waals surface area (Å²) in [6.45, 7) is 8.90. The number of anilines is 4. The topological polar surface area (TPSA) is 70.3 Å². The van der Waals surface area contributed by atoms with Crippen molar-refractivity contribution in [1.29, 1.82) is 0 Å². The third kappa shape index (κ3) is 4.86. The van der Waals surface area contributed by atoms with Gasteiger partial charge in [-0.1, -0.05) is 40.2 Å². The Bertz CT molecular complexity index is 1300. The summed E-state index contributed by atoms with van der Waals surface area (Å²) in [6, 6.07) is 23.7. The van der Waals surface area contributed by atoms with Crippen molar-refractivity contribution in [3.05, 3.63) is 71.2 Å². The van der Waals surface area contributed by atoms with E-state index in [1.54, 1.807) is 0 Å². The Morgan fingerprint density at radius 2 is 1.62 bits per heavy atom. The maximum absolute atomic E-state index is 5.99. The van der Waals surface area contributed by atoms with Crippen LogP contribution in [-0.2, 0) is 0 Å². The first-order valence-electron chi connectivity index (χ1n) is 11.7. The molecule has 0 amide bonds. The number of nitrogens with one attached hydrogen (secondary N) is 1. The minimum absolute atomic E-state index is 0.250. The second kappa shape index (κ2) is 9.60. The van der Waals surface area contributed by atoms with Gasteiger partial charge in [0.05, 0.1) is 5.52 Å². The monoisotopic (exact) mass is 516 g/mol. The standard InChI is InChI=1S/C27H29BrN6/c1-18(2)33-12-14-34(15-13-33)23-9-6-19(7-10-23)20-8-11-25-24(16-20)26(32-27(29)31-25)30-22-5-3-4-21(28)17-22/h3-11,16-18H,12-15H2,1-2H3,(H3,29,30,31,32). The fraction of sp³-hybridized carbons (Fsp3) is 0.259. The van der Waals surface area contributed by atoms with Gasteiger partial charge in [0.2, 0.25) is 5.95 Å². The maximum atomic E-state index is 5.99. The number of aromatic nitrogens is 2. The third-order valence-corrected chi connectivity index (χ3v) is 6.90. The Kier molecular flexibility index (Phi) is 6.39. The predicted octanol–water partition coefficient (Wildman–Crippen LogP) is 5.92. The average Bonchev–Trinajstić information content (AvgIpc) is 2.84. The quantitative estimate of drug-likeness (QED) is 0.343. The summed E-state index contributed by atoms with van der Waals surface area (Å²) in [7, 11) is 0. The Hall–Kier alpha value is -3.16. The molecule has 5 rings (SSSR count). The molecule has 0 saturated carbocycles. The molecule has 1 aromatic heterocycles. The smallest absolute Gasteiger partial charge is 0.222 e. The SMILES string of the molecule is CC(C)N1CCN(c2ccc(-c3ccc4nc(N)nc(Nc5cccc(Br)c5)c4c3)cc2)CC1. The fourth-order valence-electron chi connectivity index (χ4n) is 4.49. The lowest BCUT2D eigenvalue weighted by Gasteiger charge is -2.38. The molecule has 2 heterocycles. The van der Waals surface area contributed by atoms with Gasteiger partial charge in [-0.25, -0.2) is 4.98 Å². The molecule has 1 saturated heterocycles. The molecule has 3 N–H and O–H groups in total. The highest BCUT2D eigenvalue weighted by atomic mass is 79.9. The van der Waals surface area contributed by atoms with Crippen LogP contribution in [0.2, 0.25) is 0 Å².